The molecule has 0 aromatic rings. The SMILES string of the molecule is CC1O[C@@H](O[C@H]2CCC3(C)C4CCC5(C)[C@@H](C6=CC(=O)OC6)CC[C@]5(O)[C@@H]4CC[C@@H]3C2)[C@@H](O)C(O)[C@H]1N. The third-order valence-electron chi connectivity index (χ3n) is 12.2. The molecule has 13 atom stereocenters. The Bertz CT molecular complexity index is 957. The Labute approximate surface area is 219 Å². The van der Waals surface area contributed by atoms with Crippen LogP contribution in [0.4, 0.5) is 0 Å². The molecule has 0 spiro atoms. The van der Waals surface area contributed by atoms with Crippen LogP contribution in [-0.2, 0) is 19.0 Å². The molecule has 8 heteroatoms. The summed E-state index contributed by atoms with van der Waals surface area (Å²) in [6, 6.07) is -0.629. The molecule has 37 heavy (non-hydrogen) atoms. The van der Waals surface area contributed by atoms with Crippen LogP contribution in [0.1, 0.15) is 78.6 Å². The average Bonchev–Trinajstić information content (AvgIpc) is 3.41. The van der Waals surface area contributed by atoms with E-state index in [0.717, 1.165) is 63.4 Å². The molecule has 4 aliphatic carbocycles. The van der Waals surface area contributed by atoms with Crippen LogP contribution >= 0.6 is 0 Å². The summed E-state index contributed by atoms with van der Waals surface area (Å²) in [6.45, 7) is 6.89. The minimum Gasteiger partial charge on any atom is -0.458 e. The zero-order valence-electron chi connectivity index (χ0n) is 22.5. The lowest BCUT2D eigenvalue weighted by Crippen LogP contribution is -2.63. The van der Waals surface area contributed by atoms with E-state index in [0.29, 0.717) is 18.4 Å². The van der Waals surface area contributed by atoms with Gasteiger partial charge in [-0.25, -0.2) is 4.79 Å². The second-order valence-electron chi connectivity index (χ2n) is 13.6. The smallest absolute Gasteiger partial charge is 0.331 e. The van der Waals surface area contributed by atoms with Crippen molar-refractivity contribution in [2.75, 3.05) is 6.61 Å². The van der Waals surface area contributed by atoms with Gasteiger partial charge in [-0.1, -0.05) is 13.8 Å². The quantitative estimate of drug-likeness (QED) is 0.330. The zero-order valence-corrected chi connectivity index (χ0v) is 22.5. The Hall–Kier alpha value is -1.03. The summed E-state index contributed by atoms with van der Waals surface area (Å²) < 4.78 is 17.3. The van der Waals surface area contributed by atoms with Gasteiger partial charge in [-0.15, -0.1) is 0 Å². The van der Waals surface area contributed by atoms with Gasteiger partial charge >= 0.3 is 5.97 Å². The average molecular weight is 520 g/mol. The Kier molecular flexibility index (Phi) is 6.37. The molecule has 5 unspecified atom stereocenters. The van der Waals surface area contributed by atoms with Crippen molar-refractivity contribution in [3.63, 3.8) is 0 Å². The molecule has 208 valence electrons. The molecule has 4 saturated carbocycles. The van der Waals surface area contributed by atoms with E-state index in [1.807, 2.05) is 0 Å². The first-order valence-electron chi connectivity index (χ1n) is 14.5. The fraction of sp³-hybridized carbons (Fsp3) is 0.897. The van der Waals surface area contributed by atoms with Gasteiger partial charge in [0.25, 0.3) is 0 Å². The predicted octanol–water partition coefficient (Wildman–Crippen LogP) is 2.42. The molecule has 1 saturated heterocycles. The van der Waals surface area contributed by atoms with E-state index >= 15 is 0 Å². The summed E-state index contributed by atoms with van der Waals surface area (Å²) in [4.78, 5) is 11.8. The van der Waals surface area contributed by atoms with Crippen molar-refractivity contribution in [3.8, 4) is 0 Å². The van der Waals surface area contributed by atoms with Gasteiger partial charge in [-0.05, 0) is 99.4 Å². The van der Waals surface area contributed by atoms with Crippen molar-refractivity contribution in [3.05, 3.63) is 11.6 Å². The molecule has 5 N–H and O–H groups in total. The van der Waals surface area contributed by atoms with Crippen molar-refractivity contribution in [2.45, 2.75) is 121 Å². The van der Waals surface area contributed by atoms with E-state index in [1.54, 1.807) is 13.0 Å². The Balaban J connectivity index is 1.16. The summed E-state index contributed by atoms with van der Waals surface area (Å²) in [5.41, 5.74) is 6.24. The molecule has 6 rings (SSSR count). The molecule has 6 aliphatic rings. The first-order chi connectivity index (χ1) is 17.5. The first-order valence-corrected chi connectivity index (χ1v) is 14.5. The summed E-state index contributed by atoms with van der Waals surface area (Å²) >= 11 is 0. The number of ether oxygens (including phenoxy) is 3. The van der Waals surface area contributed by atoms with Crippen LogP contribution in [0.2, 0.25) is 0 Å². The lowest BCUT2D eigenvalue weighted by Gasteiger charge is -2.64. The Morgan fingerprint density at radius 3 is 2.54 bits per heavy atom. The molecule has 8 nitrogen and oxygen atoms in total. The van der Waals surface area contributed by atoms with Gasteiger partial charge in [0.2, 0.25) is 0 Å². The molecule has 0 radical (unpaired) electrons. The van der Waals surface area contributed by atoms with Gasteiger partial charge in [0.15, 0.2) is 6.29 Å². The second-order valence-corrected chi connectivity index (χ2v) is 13.6. The summed E-state index contributed by atoms with van der Waals surface area (Å²) in [5.74, 6) is 1.21. The van der Waals surface area contributed by atoms with E-state index in [1.165, 1.54) is 0 Å². The van der Waals surface area contributed by atoms with E-state index in [9.17, 15) is 20.1 Å². The largest absolute Gasteiger partial charge is 0.458 e. The normalized spacial score (nSPS) is 55.6. The standard InChI is InChI=1S/C29H45NO7/c1-15-23(30)24(32)25(33)26(36-15)37-18-6-9-27(2)17(13-18)4-5-21-20(27)7-10-28(3)19(8-11-29(21,28)34)16-12-22(31)35-14-16/h12,15,17-21,23-26,32-34H,4-11,13-14,30H2,1-3H3/t15?,17-,18+,19-,20?,21-,23+,24?,25+,26+,27?,28?,29+/m1/s1. The number of hydrogen-bond acceptors (Lipinski definition) is 8. The van der Waals surface area contributed by atoms with Crippen LogP contribution in [0.15, 0.2) is 11.6 Å². The highest BCUT2D eigenvalue weighted by atomic mass is 16.7. The lowest BCUT2D eigenvalue weighted by atomic mass is 9.43. The molecule has 2 aliphatic heterocycles. The lowest BCUT2D eigenvalue weighted by molar-refractivity contribution is -0.291. The fourth-order valence-corrected chi connectivity index (χ4v) is 9.85. The fourth-order valence-electron chi connectivity index (χ4n) is 9.85. The summed E-state index contributed by atoms with van der Waals surface area (Å²) in [5, 5.41) is 33.2. The van der Waals surface area contributed by atoms with Crippen molar-refractivity contribution >= 4 is 5.97 Å². The summed E-state index contributed by atoms with van der Waals surface area (Å²) in [6.07, 6.45) is 6.88. The van der Waals surface area contributed by atoms with Crippen LogP contribution in [0.25, 0.3) is 0 Å². The highest BCUT2D eigenvalue weighted by Gasteiger charge is 2.67. The monoisotopic (exact) mass is 519 g/mol. The number of nitrogens with two attached hydrogens (primary N) is 1. The predicted molar refractivity (Wildman–Crippen MR) is 135 cm³/mol. The number of cyclic esters (lactones) is 1. The molecule has 2 heterocycles. The van der Waals surface area contributed by atoms with Gasteiger partial charge in [0.1, 0.15) is 18.8 Å². The van der Waals surface area contributed by atoms with Crippen molar-refractivity contribution in [1.82, 2.24) is 0 Å². The molecular formula is C29H45NO7. The number of carbonyl (C=O) groups excluding carboxylic acids is 1. The van der Waals surface area contributed by atoms with Crippen LogP contribution in [0.5, 0.6) is 0 Å². The van der Waals surface area contributed by atoms with Gasteiger partial charge < -0.3 is 35.3 Å². The third kappa shape index (κ3) is 3.80. The Morgan fingerprint density at radius 1 is 1.03 bits per heavy atom. The maximum atomic E-state index is 12.4. The number of esters is 1. The van der Waals surface area contributed by atoms with Crippen LogP contribution in [0.3, 0.4) is 0 Å². The van der Waals surface area contributed by atoms with Crippen molar-refractivity contribution in [2.24, 2.45) is 40.2 Å². The highest BCUT2D eigenvalue weighted by molar-refractivity contribution is 5.85. The number of rotatable bonds is 3. The maximum absolute atomic E-state index is 12.4. The van der Waals surface area contributed by atoms with E-state index < -0.39 is 30.1 Å². The van der Waals surface area contributed by atoms with E-state index in [2.05, 4.69) is 13.8 Å². The minimum atomic E-state index is -1.15. The molecule has 5 fully saturated rings. The number of fused-ring (bicyclic) bond motifs is 5. The number of hydrogen-bond donors (Lipinski definition) is 4. The summed E-state index contributed by atoms with van der Waals surface area (Å²) in [7, 11) is 0. The molecule has 0 bridgehead atoms. The molecule has 0 amide bonds. The highest BCUT2D eigenvalue weighted by Crippen LogP contribution is 2.70. The van der Waals surface area contributed by atoms with Crippen LogP contribution in [0, 0.1) is 34.5 Å². The molecule has 0 aromatic heterocycles. The number of aliphatic hydroxyl groups is 3. The maximum Gasteiger partial charge on any atom is 0.331 e. The molecular weight excluding hydrogens is 474 g/mol. The number of carbonyl (C=O) groups is 1. The first kappa shape index (κ1) is 26.2. The number of aliphatic hydroxyl groups excluding tert-OH is 2. The minimum absolute atomic E-state index is 0.0253. The van der Waals surface area contributed by atoms with E-state index in [-0.39, 0.29) is 40.8 Å². The van der Waals surface area contributed by atoms with Crippen molar-refractivity contribution in [1.29, 1.82) is 0 Å². The Morgan fingerprint density at radius 2 is 1.81 bits per heavy atom. The van der Waals surface area contributed by atoms with Crippen LogP contribution < -0.4 is 5.73 Å². The van der Waals surface area contributed by atoms with E-state index in [4.69, 9.17) is 19.9 Å². The van der Waals surface area contributed by atoms with Gasteiger partial charge in [0.05, 0.1) is 23.9 Å². The van der Waals surface area contributed by atoms with Gasteiger partial charge in [-0.2, -0.15) is 0 Å². The van der Waals surface area contributed by atoms with Gasteiger partial charge in [-0.3, -0.25) is 0 Å². The van der Waals surface area contributed by atoms with Gasteiger partial charge in [0, 0.05) is 11.5 Å². The second kappa shape index (κ2) is 9.00. The van der Waals surface area contributed by atoms with Crippen molar-refractivity contribution < 1.29 is 34.3 Å². The zero-order chi connectivity index (χ0) is 26.3. The van der Waals surface area contributed by atoms with Crippen LogP contribution in [-0.4, -0.2) is 70.2 Å². The third-order valence-corrected chi connectivity index (χ3v) is 12.2. The molecule has 0 aromatic carbocycles. The topological polar surface area (TPSA) is 131 Å².